The molecule has 0 aromatic heterocycles. The third-order valence-electron chi connectivity index (χ3n) is 3.93. The highest BCUT2D eigenvalue weighted by Gasteiger charge is 2.19. The van der Waals surface area contributed by atoms with Gasteiger partial charge in [0.05, 0.1) is 15.5 Å². The van der Waals surface area contributed by atoms with E-state index in [9.17, 15) is 18.0 Å². The van der Waals surface area contributed by atoms with Crippen molar-refractivity contribution in [3.05, 3.63) is 57.6 Å². The van der Waals surface area contributed by atoms with Gasteiger partial charge < -0.3 is 11.1 Å². The summed E-state index contributed by atoms with van der Waals surface area (Å²) >= 11 is 5.96. The first-order valence-electron chi connectivity index (χ1n) is 7.52. The second kappa shape index (κ2) is 7.45. The van der Waals surface area contributed by atoms with Crippen molar-refractivity contribution in [3.63, 3.8) is 0 Å². The van der Waals surface area contributed by atoms with E-state index in [4.69, 9.17) is 17.3 Å². The average Bonchev–Trinajstić information content (AvgIpc) is 2.56. The summed E-state index contributed by atoms with van der Waals surface area (Å²) in [6.45, 7) is 3.39. The van der Waals surface area contributed by atoms with E-state index in [2.05, 4.69) is 10.0 Å². The van der Waals surface area contributed by atoms with Gasteiger partial charge in [-0.25, -0.2) is 13.1 Å². The lowest BCUT2D eigenvalue weighted by Crippen LogP contribution is -2.21. The SMILES string of the molecule is CNS(=O)(=O)c1cc(C(=O)Nc2ccc(C(N)=O)c(Cl)c2)cc(C)c1C. The van der Waals surface area contributed by atoms with Crippen LogP contribution in [-0.4, -0.2) is 27.3 Å². The number of anilines is 1. The summed E-state index contributed by atoms with van der Waals surface area (Å²) in [7, 11) is -2.40. The van der Waals surface area contributed by atoms with E-state index in [0.29, 0.717) is 16.8 Å². The molecular formula is C17H18ClN3O4S. The van der Waals surface area contributed by atoms with Gasteiger partial charge in [0, 0.05) is 11.3 Å². The molecule has 0 heterocycles. The van der Waals surface area contributed by atoms with Crippen molar-refractivity contribution < 1.29 is 18.0 Å². The lowest BCUT2D eigenvalue weighted by atomic mass is 10.1. The molecule has 0 fully saturated rings. The number of sulfonamides is 1. The maximum Gasteiger partial charge on any atom is 0.255 e. The first-order chi connectivity index (χ1) is 12.1. The van der Waals surface area contributed by atoms with E-state index in [-0.39, 0.29) is 21.0 Å². The molecule has 0 unspecified atom stereocenters. The van der Waals surface area contributed by atoms with Gasteiger partial charge in [0.15, 0.2) is 0 Å². The van der Waals surface area contributed by atoms with Crippen LogP contribution in [0.2, 0.25) is 5.02 Å². The molecule has 9 heteroatoms. The van der Waals surface area contributed by atoms with E-state index in [1.165, 1.54) is 31.3 Å². The van der Waals surface area contributed by atoms with Gasteiger partial charge in [-0.05, 0) is 62.4 Å². The van der Waals surface area contributed by atoms with Gasteiger partial charge in [0.25, 0.3) is 5.91 Å². The summed E-state index contributed by atoms with van der Waals surface area (Å²) in [6.07, 6.45) is 0. The summed E-state index contributed by atoms with van der Waals surface area (Å²) in [5.74, 6) is -1.19. The molecule has 4 N–H and O–H groups in total. The first-order valence-corrected chi connectivity index (χ1v) is 9.38. The maximum atomic E-state index is 12.5. The van der Waals surface area contributed by atoms with Crippen LogP contribution in [0.3, 0.4) is 0 Å². The highest BCUT2D eigenvalue weighted by molar-refractivity contribution is 7.89. The van der Waals surface area contributed by atoms with E-state index >= 15 is 0 Å². The third-order valence-corrected chi connectivity index (χ3v) is 5.79. The molecular weight excluding hydrogens is 378 g/mol. The van der Waals surface area contributed by atoms with Crippen LogP contribution in [0.4, 0.5) is 5.69 Å². The highest BCUT2D eigenvalue weighted by atomic mass is 35.5. The van der Waals surface area contributed by atoms with Crippen molar-refractivity contribution in [2.75, 3.05) is 12.4 Å². The molecule has 0 aliphatic heterocycles. The number of nitrogens with one attached hydrogen (secondary N) is 2. The number of amides is 2. The summed E-state index contributed by atoms with van der Waals surface area (Å²) in [5, 5.41) is 2.72. The normalized spacial score (nSPS) is 11.2. The van der Waals surface area contributed by atoms with Gasteiger partial charge in [0.2, 0.25) is 15.9 Å². The Hall–Kier alpha value is -2.42. The minimum atomic E-state index is -3.70. The summed E-state index contributed by atoms with van der Waals surface area (Å²) in [6, 6.07) is 7.18. The molecule has 0 aliphatic carbocycles. The molecule has 2 amide bonds. The molecule has 0 saturated heterocycles. The molecule has 0 aliphatic rings. The largest absolute Gasteiger partial charge is 0.366 e. The number of rotatable bonds is 5. The van der Waals surface area contributed by atoms with Crippen molar-refractivity contribution in [2.24, 2.45) is 5.73 Å². The van der Waals surface area contributed by atoms with Crippen molar-refractivity contribution in [1.29, 1.82) is 0 Å². The van der Waals surface area contributed by atoms with Crippen LogP contribution >= 0.6 is 11.6 Å². The monoisotopic (exact) mass is 395 g/mol. The zero-order valence-electron chi connectivity index (χ0n) is 14.4. The van der Waals surface area contributed by atoms with Gasteiger partial charge in [-0.2, -0.15) is 0 Å². The quantitative estimate of drug-likeness (QED) is 0.719. The summed E-state index contributed by atoms with van der Waals surface area (Å²) in [5.41, 5.74) is 7.07. The molecule has 138 valence electrons. The van der Waals surface area contributed by atoms with E-state index in [1.54, 1.807) is 19.9 Å². The fraction of sp³-hybridized carbons (Fsp3) is 0.176. The Morgan fingerprint density at radius 3 is 2.31 bits per heavy atom. The van der Waals surface area contributed by atoms with E-state index in [1.807, 2.05) is 0 Å². The standard InChI is InChI=1S/C17H18ClN3O4S/c1-9-6-11(7-15(10(9)2)26(24,25)20-3)17(23)21-12-4-5-13(16(19)22)14(18)8-12/h4-8,20H,1-3H3,(H2,19,22)(H,21,23). The molecule has 0 radical (unpaired) electrons. The van der Waals surface area contributed by atoms with Crippen LogP contribution < -0.4 is 15.8 Å². The topological polar surface area (TPSA) is 118 Å². The van der Waals surface area contributed by atoms with Gasteiger partial charge >= 0.3 is 0 Å². The number of aryl methyl sites for hydroxylation is 1. The predicted molar refractivity (Wildman–Crippen MR) is 100 cm³/mol. The van der Waals surface area contributed by atoms with Crippen LogP contribution in [0.15, 0.2) is 35.2 Å². The van der Waals surface area contributed by atoms with Crippen molar-refractivity contribution in [1.82, 2.24) is 4.72 Å². The van der Waals surface area contributed by atoms with E-state index in [0.717, 1.165) is 0 Å². The van der Waals surface area contributed by atoms with Gasteiger partial charge in [-0.1, -0.05) is 11.6 Å². The molecule has 0 saturated carbocycles. The first kappa shape index (κ1) is 19.9. The minimum Gasteiger partial charge on any atom is -0.366 e. The predicted octanol–water partition coefficient (Wildman–Crippen LogP) is 2.22. The second-order valence-corrected chi connectivity index (χ2v) is 7.90. The zero-order chi connectivity index (χ0) is 19.6. The Balaban J connectivity index is 2.39. The third kappa shape index (κ3) is 4.04. The van der Waals surface area contributed by atoms with Gasteiger partial charge in [-0.3, -0.25) is 9.59 Å². The van der Waals surface area contributed by atoms with E-state index < -0.39 is 21.8 Å². The number of hydrogen-bond acceptors (Lipinski definition) is 4. The molecule has 2 aromatic rings. The molecule has 26 heavy (non-hydrogen) atoms. The van der Waals surface area contributed by atoms with Crippen LogP contribution in [0.5, 0.6) is 0 Å². The Labute approximate surface area is 156 Å². The van der Waals surface area contributed by atoms with Crippen molar-refractivity contribution in [3.8, 4) is 0 Å². The van der Waals surface area contributed by atoms with Crippen molar-refractivity contribution >= 4 is 39.1 Å². The summed E-state index contributed by atoms with van der Waals surface area (Å²) < 4.78 is 26.5. The second-order valence-electron chi connectivity index (χ2n) is 5.64. The zero-order valence-corrected chi connectivity index (χ0v) is 16.0. The molecule has 0 atom stereocenters. The Morgan fingerprint density at radius 1 is 1.12 bits per heavy atom. The number of carbonyl (C=O) groups excluding carboxylic acids is 2. The fourth-order valence-electron chi connectivity index (χ4n) is 2.34. The highest BCUT2D eigenvalue weighted by Crippen LogP contribution is 2.24. The number of halogens is 1. The Kier molecular flexibility index (Phi) is 5.70. The lowest BCUT2D eigenvalue weighted by Gasteiger charge is -2.13. The van der Waals surface area contributed by atoms with Crippen LogP contribution in [0.25, 0.3) is 0 Å². The van der Waals surface area contributed by atoms with Gasteiger partial charge in [0.1, 0.15) is 0 Å². The Morgan fingerprint density at radius 2 is 1.77 bits per heavy atom. The van der Waals surface area contributed by atoms with Crippen molar-refractivity contribution in [2.45, 2.75) is 18.7 Å². The minimum absolute atomic E-state index is 0.0345. The van der Waals surface area contributed by atoms with Crippen LogP contribution in [0, 0.1) is 13.8 Å². The number of benzene rings is 2. The molecule has 7 nitrogen and oxygen atoms in total. The maximum absolute atomic E-state index is 12.5. The van der Waals surface area contributed by atoms with Crippen LogP contribution in [0.1, 0.15) is 31.8 Å². The average molecular weight is 396 g/mol. The summed E-state index contributed by atoms with van der Waals surface area (Å²) in [4.78, 5) is 23.7. The Bertz CT molecular complexity index is 1000. The fourth-order valence-corrected chi connectivity index (χ4v) is 3.68. The molecule has 2 aromatic carbocycles. The number of hydrogen-bond donors (Lipinski definition) is 3. The smallest absolute Gasteiger partial charge is 0.255 e. The number of carbonyl (C=O) groups is 2. The number of primary amides is 1. The molecule has 0 bridgehead atoms. The number of nitrogens with two attached hydrogens (primary N) is 1. The molecule has 2 rings (SSSR count). The lowest BCUT2D eigenvalue weighted by molar-refractivity contribution is 0.0998. The van der Waals surface area contributed by atoms with Crippen LogP contribution in [-0.2, 0) is 10.0 Å². The molecule has 0 spiro atoms. The van der Waals surface area contributed by atoms with Gasteiger partial charge in [-0.15, -0.1) is 0 Å².